The zero-order chi connectivity index (χ0) is 21.4. The molecule has 0 aliphatic heterocycles. The minimum Gasteiger partial charge on any atom is -0.484 e. The third-order valence-electron chi connectivity index (χ3n) is 4.26. The lowest BCUT2D eigenvalue weighted by Crippen LogP contribution is -2.51. The van der Waals surface area contributed by atoms with Crippen LogP contribution in [0.4, 0.5) is 8.78 Å². The Morgan fingerprint density at radius 1 is 1.00 bits per heavy atom. The Labute approximate surface area is 169 Å². The van der Waals surface area contributed by atoms with Crippen molar-refractivity contribution in [1.82, 2.24) is 10.2 Å². The number of amides is 2. The highest BCUT2D eigenvalue weighted by Gasteiger charge is 2.29. The average molecular weight is 404 g/mol. The highest BCUT2D eigenvalue weighted by Crippen LogP contribution is 2.15. The molecule has 1 atom stereocenters. The Kier molecular flexibility index (Phi) is 8.12. The number of halogens is 2. The highest BCUT2D eigenvalue weighted by molar-refractivity contribution is 5.88. The summed E-state index contributed by atoms with van der Waals surface area (Å²) in [6, 6.07) is 10.3. The second-order valence-electron chi connectivity index (χ2n) is 6.98. The molecule has 0 spiro atoms. The monoisotopic (exact) mass is 404 g/mol. The van der Waals surface area contributed by atoms with Gasteiger partial charge in [0.15, 0.2) is 6.61 Å². The molecule has 0 radical (unpaired) electrons. The minimum absolute atomic E-state index is 0.0743. The van der Waals surface area contributed by atoms with Crippen LogP contribution in [-0.4, -0.2) is 35.4 Å². The number of carbonyl (C=O) groups is 2. The van der Waals surface area contributed by atoms with Crippen molar-refractivity contribution in [2.75, 3.05) is 6.61 Å². The summed E-state index contributed by atoms with van der Waals surface area (Å²) in [7, 11) is 0. The molecule has 0 fully saturated rings. The average Bonchev–Trinajstić information content (AvgIpc) is 2.68. The fourth-order valence-electron chi connectivity index (χ4n) is 2.85. The largest absolute Gasteiger partial charge is 0.484 e. The van der Waals surface area contributed by atoms with Crippen LogP contribution in [0.2, 0.25) is 0 Å². The van der Waals surface area contributed by atoms with Gasteiger partial charge in [0.05, 0.1) is 0 Å². The number of nitrogens with zero attached hydrogens (tertiary/aromatic N) is 1. The summed E-state index contributed by atoms with van der Waals surface area (Å²) in [4.78, 5) is 27.0. The quantitative estimate of drug-likeness (QED) is 0.694. The molecule has 0 heterocycles. The van der Waals surface area contributed by atoms with Crippen LogP contribution < -0.4 is 10.1 Å². The smallest absolute Gasteiger partial charge is 0.261 e. The molecule has 2 amide bonds. The summed E-state index contributed by atoms with van der Waals surface area (Å²) in [6.07, 6.45) is 0.405. The predicted molar refractivity (Wildman–Crippen MR) is 106 cm³/mol. The predicted octanol–water partition coefficient (Wildman–Crippen LogP) is 3.68. The van der Waals surface area contributed by atoms with E-state index in [1.807, 2.05) is 20.8 Å². The van der Waals surface area contributed by atoms with Crippen LogP contribution in [-0.2, 0) is 16.1 Å². The Bertz CT molecular complexity index is 808. The molecule has 156 valence electrons. The van der Waals surface area contributed by atoms with Crippen molar-refractivity contribution in [2.24, 2.45) is 0 Å². The summed E-state index contributed by atoms with van der Waals surface area (Å²) >= 11 is 0. The van der Waals surface area contributed by atoms with E-state index in [4.69, 9.17) is 4.74 Å². The standard InChI is InChI=1S/C22H26F2N2O3/c1-4-20(22(28)25-15(2)3)26(13-16-5-7-17(23)8-6-16)21(27)14-29-19-11-9-18(24)10-12-19/h5-12,15,20H,4,13-14H2,1-3H3,(H,25,28)/t20-/m0/s1. The van der Waals surface area contributed by atoms with Gasteiger partial charge < -0.3 is 15.0 Å². The van der Waals surface area contributed by atoms with Crippen LogP contribution in [0.15, 0.2) is 48.5 Å². The second-order valence-corrected chi connectivity index (χ2v) is 6.98. The second kappa shape index (κ2) is 10.5. The van der Waals surface area contributed by atoms with Gasteiger partial charge in [-0.15, -0.1) is 0 Å². The van der Waals surface area contributed by atoms with Gasteiger partial charge in [-0.2, -0.15) is 0 Å². The molecule has 2 aromatic rings. The molecule has 0 aromatic heterocycles. The van der Waals surface area contributed by atoms with Gasteiger partial charge in [0.2, 0.25) is 5.91 Å². The zero-order valence-corrected chi connectivity index (χ0v) is 16.8. The lowest BCUT2D eigenvalue weighted by atomic mass is 10.1. The normalized spacial score (nSPS) is 11.8. The van der Waals surface area contributed by atoms with Crippen LogP contribution in [0, 0.1) is 11.6 Å². The van der Waals surface area contributed by atoms with Crippen molar-refractivity contribution in [3.8, 4) is 5.75 Å². The summed E-state index contributed by atoms with van der Waals surface area (Å²) in [6.45, 7) is 5.33. The number of nitrogens with one attached hydrogen (secondary N) is 1. The van der Waals surface area contributed by atoms with Crippen molar-refractivity contribution < 1.29 is 23.1 Å². The molecule has 0 aliphatic carbocycles. The third-order valence-corrected chi connectivity index (χ3v) is 4.26. The number of carbonyl (C=O) groups excluding carboxylic acids is 2. The summed E-state index contributed by atoms with van der Waals surface area (Å²) in [5, 5.41) is 2.83. The zero-order valence-electron chi connectivity index (χ0n) is 16.8. The summed E-state index contributed by atoms with van der Waals surface area (Å²) in [5.41, 5.74) is 0.692. The maximum Gasteiger partial charge on any atom is 0.261 e. The number of hydrogen-bond acceptors (Lipinski definition) is 3. The topological polar surface area (TPSA) is 58.6 Å². The minimum atomic E-state index is -0.702. The maximum atomic E-state index is 13.2. The molecule has 1 N–H and O–H groups in total. The Morgan fingerprint density at radius 3 is 2.07 bits per heavy atom. The molecule has 7 heteroatoms. The van der Waals surface area contributed by atoms with Crippen LogP contribution in [0.25, 0.3) is 0 Å². The van der Waals surface area contributed by atoms with Gasteiger partial charge >= 0.3 is 0 Å². The van der Waals surface area contributed by atoms with Crippen molar-refractivity contribution in [2.45, 2.75) is 45.8 Å². The van der Waals surface area contributed by atoms with E-state index >= 15 is 0 Å². The van der Waals surface area contributed by atoms with Gasteiger partial charge in [0.25, 0.3) is 5.91 Å². The van der Waals surface area contributed by atoms with E-state index in [1.54, 1.807) is 12.1 Å². The Balaban J connectivity index is 2.18. The lowest BCUT2D eigenvalue weighted by molar-refractivity contribution is -0.143. The van der Waals surface area contributed by atoms with Gasteiger partial charge in [0, 0.05) is 12.6 Å². The van der Waals surface area contributed by atoms with E-state index < -0.39 is 17.8 Å². The molecule has 29 heavy (non-hydrogen) atoms. The molecule has 0 bridgehead atoms. The lowest BCUT2D eigenvalue weighted by Gasteiger charge is -2.31. The molecule has 2 aromatic carbocycles. The van der Waals surface area contributed by atoms with E-state index in [-0.39, 0.29) is 30.9 Å². The first-order valence-corrected chi connectivity index (χ1v) is 9.52. The van der Waals surface area contributed by atoms with Crippen LogP contribution >= 0.6 is 0 Å². The maximum absolute atomic E-state index is 13.2. The molecular formula is C22H26F2N2O3. The fraction of sp³-hybridized carbons (Fsp3) is 0.364. The van der Waals surface area contributed by atoms with Crippen molar-refractivity contribution in [3.05, 3.63) is 65.7 Å². The van der Waals surface area contributed by atoms with E-state index in [0.29, 0.717) is 17.7 Å². The van der Waals surface area contributed by atoms with Crippen molar-refractivity contribution in [3.63, 3.8) is 0 Å². The third kappa shape index (κ3) is 6.85. The molecule has 0 saturated carbocycles. The van der Waals surface area contributed by atoms with E-state index in [2.05, 4.69) is 5.32 Å². The summed E-state index contributed by atoms with van der Waals surface area (Å²) < 4.78 is 31.7. The van der Waals surface area contributed by atoms with E-state index in [0.717, 1.165) is 0 Å². The van der Waals surface area contributed by atoms with Gasteiger partial charge in [0.1, 0.15) is 23.4 Å². The van der Waals surface area contributed by atoms with E-state index in [1.165, 1.54) is 41.3 Å². The van der Waals surface area contributed by atoms with Crippen molar-refractivity contribution >= 4 is 11.8 Å². The van der Waals surface area contributed by atoms with Gasteiger partial charge in [-0.25, -0.2) is 8.78 Å². The van der Waals surface area contributed by atoms with Crippen LogP contribution in [0.3, 0.4) is 0 Å². The van der Waals surface area contributed by atoms with E-state index in [9.17, 15) is 18.4 Å². The molecule has 5 nitrogen and oxygen atoms in total. The Morgan fingerprint density at radius 2 is 1.55 bits per heavy atom. The number of hydrogen-bond donors (Lipinski definition) is 1. The first-order chi connectivity index (χ1) is 13.8. The van der Waals surface area contributed by atoms with Gasteiger partial charge in [-0.05, 0) is 62.2 Å². The molecule has 0 unspecified atom stereocenters. The first kappa shape index (κ1) is 22.3. The Hall–Kier alpha value is -2.96. The SMILES string of the molecule is CC[C@@H](C(=O)NC(C)C)N(Cc1ccc(F)cc1)C(=O)COc1ccc(F)cc1. The highest BCUT2D eigenvalue weighted by atomic mass is 19.1. The van der Waals surface area contributed by atoms with Crippen LogP contribution in [0.1, 0.15) is 32.8 Å². The van der Waals surface area contributed by atoms with Gasteiger partial charge in [-0.3, -0.25) is 9.59 Å². The van der Waals surface area contributed by atoms with Gasteiger partial charge in [-0.1, -0.05) is 19.1 Å². The number of benzene rings is 2. The molecule has 0 aliphatic rings. The first-order valence-electron chi connectivity index (χ1n) is 9.52. The van der Waals surface area contributed by atoms with Crippen LogP contribution in [0.5, 0.6) is 5.75 Å². The number of rotatable bonds is 9. The molecular weight excluding hydrogens is 378 g/mol. The molecule has 2 rings (SSSR count). The fourth-order valence-corrected chi connectivity index (χ4v) is 2.85. The van der Waals surface area contributed by atoms with Crippen molar-refractivity contribution in [1.29, 1.82) is 0 Å². The summed E-state index contributed by atoms with van der Waals surface area (Å²) in [5.74, 6) is -1.10. The number of ether oxygens (including phenoxy) is 1. The molecule has 0 saturated heterocycles.